The number of methoxy groups -OCH3 is 1. The first kappa shape index (κ1) is 22.7. The van der Waals surface area contributed by atoms with E-state index in [0.717, 1.165) is 11.3 Å². The summed E-state index contributed by atoms with van der Waals surface area (Å²) in [6.07, 6.45) is 4.47. The van der Waals surface area contributed by atoms with Gasteiger partial charge in [-0.3, -0.25) is 14.5 Å². The Morgan fingerprint density at radius 2 is 1.94 bits per heavy atom. The minimum Gasteiger partial charge on any atom is -0.491 e. The average Bonchev–Trinajstić information content (AvgIpc) is 3.28. The topological polar surface area (TPSA) is 98.1 Å². The van der Waals surface area contributed by atoms with Gasteiger partial charge in [-0.2, -0.15) is 0 Å². The Bertz CT molecular complexity index is 1350. The Hall–Kier alpha value is -4.47. The first-order valence-electron chi connectivity index (χ1n) is 10.4. The van der Waals surface area contributed by atoms with E-state index in [2.05, 4.69) is 20.0 Å². The number of hydrogen-bond donors (Lipinski definition) is 1. The van der Waals surface area contributed by atoms with Crippen LogP contribution in [0.25, 0.3) is 16.9 Å². The maximum atomic E-state index is 13.9. The fraction of sp³-hybridized carbons (Fsp3) is 0.167. The summed E-state index contributed by atoms with van der Waals surface area (Å²) in [5, 5.41) is 2.50. The number of rotatable bonds is 6. The van der Waals surface area contributed by atoms with E-state index in [9.17, 15) is 14.0 Å². The van der Waals surface area contributed by atoms with E-state index in [1.54, 1.807) is 56.8 Å². The summed E-state index contributed by atoms with van der Waals surface area (Å²) in [6.45, 7) is 2.04. The first-order chi connectivity index (χ1) is 16.4. The number of aromatic nitrogens is 3. The molecule has 1 aromatic carbocycles. The zero-order valence-electron chi connectivity index (χ0n) is 18.8. The quantitative estimate of drug-likeness (QED) is 0.456. The van der Waals surface area contributed by atoms with Gasteiger partial charge in [0.05, 0.1) is 31.3 Å². The third kappa shape index (κ3) is 4.51. The molecule has 0 atom stereocenters. The van der Waals surface area contributed by atoms with Crippen molar-refractivity contribution in [1.29, 1.82) is 0 Å². The van der Waals surface area contributed by atoms with Crippen molar-refractivity contribution < 1.29 is 23.5 Å². The maximum absolute atomic E-state index is 13.9. The minimum absolute atomic E-state index is 0.0340. The Labute approximate surface area is 194 Å². The maximum Gasteiger partial charge on any atom is 0.412 e. The van der Waals surface area contributed by atoms with Gasteiger partial charge in [0, 0.05) is 30.6 Å². The van der Waals surface area contributed by atoms with Crippen molar-refractivity contribution in [2.45, 2.75) is 6.92 Å². The molecule has 34 heavy (non-hydrogen) atoms. The first-order valence-corrected chi connectivity index (χ1v) is 10.4. The fourth-order valence-corrected chi connectivity index (χ4v) is 3.37. The molecule has 2 amide bonds. The van der Waals surface area contributed by atoms with E-state index in [4.69, 9.17) is 4.74 Å². The van der Waals surface area contributed by atoms with Crippen LogP contribution in [0.3, 0.4) is 0 Å². The Balaban J connectivity index is 1.62. The predicted octanol–water partition coefficient (Wildman–Crippen LogP) is 4.39. The number of pyridine rings is 2. The van der Waals surface area contributed by atoms with E-state index >= 15 is 0 Å². The second kappa shape index (κ2) is 9.57. The number of hydrogen-bond acceptors (Lipinski definition) is 6. The van der Waals surface area contributed by atoms with E-state index in [1.807, 2.05) is 4.40 Å². The summed E-state index contributed by atoms with van der Waals surface area (Å²) in [5.74, 6) is -0.457. The van der Waals surface area contributed by atoms with Gasteiger partial charge in [-0.15, -0.1) is 0 Å². The standard InChI is InChI=1S/C24H22FN5O4/c1-4-34-20-11-15(5-8-18(20)25)23(31)29(2)17-7-10-22-27-13-19(30(22)14-17)16-6-9-21(26-12-16)28-24(32)33-3/h5-14H,4H2,1-3H3,(H,26,28,32). The molecular weight excluding hydrogens is 441 g/mol. The summed E-state index contributed by atoms with van der Waals surface area (Å²) in [7, 11) is 2.91. The lowest BCUT2D eigenvalue weighted by molar-refractivity contribution is 0.0992. The van der Waals surface area contributed by atoms with Crippen LogP contribution in [-0.4, -0.2) is 47.1 Å². The SMILES string of the molecule is CCOc1cc(C(=O)N(C)c2ccc3ncc(-c4ccc(NC(=O)OC)nc4)n3c2)ccc1F. The van der Waals surface area contributed by atoms with Crippen molar-refractivity contribution in [3.05, 3.63) is 72.4 Å². The van der Waals surface area contributed by atoms with Crippen LogP contribution in [0.5, 0.6) is 5.75 Å². The largest absolute Gasteiger partial charge is 0.491 e. The molecule has 0 aliphatic rings. The Morgan fingerprint density at radius 1 is 1.12 bits per heavy atom. The van der Waals surface area contributed by atoms with Gasteiger partial charge in [-0.1, -0.05) is 0 Å². The van der Waals surface area contributed by atoms with Gasteiger partial charge in [0.1, 0.15) is 11.5 Å². The minimum atomic E-state index is -0.609. The molecule has 0 aliphatic carbocycles. The summed E-state index contributed by atoms with van der Waals surface area (Å²) in [4.78, 5) is 34.5. The van der Waals surface area contributed by atoms with Crippen molar-refractivity contribution >= 4 is 29.2 Å². The number of benzene rings is 1. The molecule has 3 heterocycles. The number of carbonyl (C=O) groups is 2. The molecule has 0 spiro atoms. The van der Waals surface area contributed by atoms with Gasteiger partial charge in [-0.05, 0) is 49.4 Å². The molecular formula is C24H22FN5O4. The number of nitrogens with one attached hydrogen (secondary N) is 1. The summed E-state index contributed by atoms with van der Waals surface area (Å²) >= 11 is 0. The highest BCUT2D eigenvalue weighted by Crippen LogP contribution is 2.26. The molecule has 4 rings (SSSR count). The average molecular weight is 463 g/mol. The third-order valence-electron chi connectivity index (χ3n) is 5.13. The lowest BCUT2D eigenvalue weighted by Crippen LogP contribution is -2.26. The van der Waals surface area contributed by atoms with Gasteiger partial charge in [0.25, 0.3) is 5.91 Å². The fourth-order valence-electron chi connectivity index (χ4n) is 3.37. The van der Waals surface area contributed by atoms with Crippen LogP contribution in [0.15, 0.2) is 61.1 Å². The molecule has 10 heteroatoms. The second-order valence-corrected chi connectivity index (χ2v) is 7.25. The lowest BCUT2D eigenvalue weighted by Gasteiger charge is -2.18. The van der Waals surface area contributed by atoms with Crippen LogP contribution in [0.2, 0.25) is 0 Å². The normalized spacial score (nSPS) is 10.7. The second-order valence-electron chi connectivity index (χ2n) is 7.25. The number of carbonyl (C=O) groups excluding carboxylic acids is 2. The molecule has 0 aliphatic heterocycles. The summed E-state index contributed by atoms with van der Waals surface area (Å²) < 4.78 is 25.6. The highest BCUT2D eigenvalue weighted by Gasteiger charge is 2.17. The molecule has 1 N–H and O–H groups in total. The molecule has 0 saturated carbocycles. The number of imidazole rings is 1. The molecule has 0 unspecified atom stereocenters. The van der Waals surface area contributed by atoms with Crippen molar-refractivity contribution in [3.8, 4) is 17.0 Å². The van der Waals surface area contributed by atoms with Crippen LogP contribution in [0, 0.1) is 5.82 Å². The van der Waals surface area contributed by atoms with Crippen LogP contribution >= 0.6 is 0 Å². The molecule has 3 aromatic heterocycles. The third-order valence-corrected chi connectivity index (χ3v) is 5.13. The van der Waals surface area contributed by atoms with Crippen LogP contribution in [0.4, 0.5) is 20.7 Å². The Morgan fingerprint density at radius 3 is 2.65 bits per heavy atom. The molecule has 0 radical (unpaired) electrons. The van der Waals surface area contributed by atoms with Crippen LogP contribution in [0.1, 0.15) is 17.3 Å². The highest BCUT2D eigenvalue weighted by atomic mass is 19.1. The van der Waals surface area contributed by atoms with Gasteiger partial charge >= 0.3 is 6.09 Å². The molecule has 0 fully saturated rings. The van der Waals surface area contributed by atoms with Gasteiger partial charge in [-0.25, -0.2) is 19.2 Å². The van der Waals surface area contributed by atoms with Crippen molar-refractivity contribution in [2.24, 2.45) is 0 Å². The van der Waals surface area contributed by atoms with Crippen molar-refractivity contribution in [1.82, 2.24) is 14.4 Å². The van der Waals surface area contributed by atoms with Crippen LogP contribution in [-0.2, 0) is 4.74 Å². The molecule has 4 aromatic rings. The van der Waals surface area contributed by atoms with Crippen molar-refractivity contribution in [2.75, 3.05) is 31.0 Å². The number of halogens is 1. The number of anilines is 2. The van der Waals surface area contributed by atoms with E-state index < -0.39 is 11.9 Å². The van der Waals surface area contributed by atoms with Crippen molar-refractivity contribution in [3.63, 3.8) is 0 Å². The highest BCUT2D eigenvalue weighted by molar-refractivity contribution is 6.06. The smallest absolute Gasteiger partial charge is 0.412 e. The van der Waals surface area contributed by atoms with E-state index in [-0.39, 0.29) is 11.7 Å². The van der Waals surface area contributed by atoms with Gasteiger partial charge in [0.15, 0.2) is 11.6 Å². The van der Waals surface area contributed by atoms with E-state index in [1.165, 1.54) is 30.2 Å². The summed E-state index contributed by atoms with van der Waals surface area (Å²) in [5.41, 5.74) is 3.09. The number of amides is 2. The molecule has 0 bridgehead atoms. The number of ether oxygens (including phenoxy) is 2. The van der Waals surface area contributed by atoms with Crippen LogP contribution < -0.4 is 15.0 Å². The predicted molar refractivity (Wildman–Crippen MR) is 125 cm³/mol. The number of fused-ring (bicyclic) bond motifs is 1. The van der Waals surface area contributed by atoms with Gasteiger partial charge in [0.2, 0.25) is 0 Å². The van der Waals surface area contributed by atoms with Gasteiger partial charge < -0.3 is 14.4 Å². The molecule has 174 valence electrons. The monoisotopic (exact) mass is 463 g/mol. The Kier molecular flexibility index (Phi) is 6.39. The molecule has 0 saturated heterocycles. The molecule has 9 nitrogen and oxygen atoms in total. The summed E-state index contributed by atoms with van der Waals surface area (Å²) in [6, 6.07) is 11.0. The van der Waals surface area contributed by atoms with E-state index in [0.29, 0.717) is 29.3 Å². The zero-order chi connectivity index (χ0) is 24.2. The lowest BCUT2D eigenvalue weighted by atomic mass is 10.1. The number of nitrogens with zero attached hydrogens (tertiary/aromatic N) is 4. The zero-order valence-corrected chi connectivity index (χ0v) is 18.8.